The molecule has 0 N–H and O–H groups in total. The van der Waals surface area contributed by atoms with Gasteiger partial charge in [-0.25, -0.2) is 0 Å². The summed E-state index contributed by atoms with van der Waals surface area (Å²) in [5.74, 6) is 0. The molecule has 52 valence electrons. The highest BCUT2D eigenvalue weighted by atomic mass is 31.2. The van der Waals surface area contributed by atoms with Gasteiger partial charge >= 0.3 is 7.60 Å². The molecule has 0 radical (unpaired) electrons. The van der Waals surface area contributed by atoms with Gasteiger partial charge < -0.3 is 9.05 Å². The number of rotatable bonds is 1. The van der Waals surface area contributed by atoms with E-state index in [1.807, 2.05) is 0 Å². The van der Waals surface area contributed by atoms with Crippen LogP contribution in [0.3, 0.4) is 0 Å². The Morgan fingerprint density at radius 2 is 1.89 bits per heavy atom. The van der Waals surface area contributed by atoms with Crippen molar-refractivity contribution in [1.29, 1.82) is 0 Å². The van der Waals surface area contributed by atoms with E-state index < -0.39 is 7.60 Å². The molecule has 0 bridgehead atoms. The van der Waals surface area contributed by atoms with Gasteiger partial charge in [-0.15, -0.1) is 0 Å². The smallest absolute Gasteiger partial charge is 0.303 e. The monoisotopic (exact) mass is 150 g/mol. The third kappa shape index (κ3) is 1.61. The maximum Gasteiger partial charge on any atom is 0.393 e. The fourth-order valence-corrected chi connectivity index (χ4v) is 1.50. The zero-order valence-electron chi connectivity index (χ0n) is 4.78. The van der Waals surface area contributed by atoms with Gasteiger partial charge in [0.25, 0.3) is 0 Å². The maximum absolute atomic E-state index is 10.8. The minimum Gasteiger partial charge on any atom is -0.303 e. The average Bonchev–Trinajstić information content (AvgIpc) is 1.90. The lowest BCUT2D eigenvalue weighted by Gasteiger charge is -2.16. The fourth-order valence-electron chi connectivity index (χ4n) is 0.541. The molecule has 0 aromatic rings. The van der Waals surface area contributed by atoms with E-state index in [1.54, 1.807) is 0 Å². The molecule has 0 aromatic carbocycles. The highest BCUT2D eigenvalue weighted by molar-refractivity contribution is 7.69. The molecule has 0 atom stereocenters. The van der Waals surface area contributed by atoms with Crippen LogP contribution in [0.25, 0.3) is 0 Å². The minimum atomic E-state index is -3.27. The van der Waals surface area contributed by atoms with Crippen LogP contribution >= 0.6 is 7.60 Å². The Hall–Kier alpha value is -0.180. The summed E-state index contributed by atoms with van der Waals surface area (Å²) in [5.41, 5.74) is 0. The Morgan fingerprint density at radius 1 is 1.33 bits per heavy atom. The van der Waals surface area contributed by atoms with Crippen molar-refractivity contribution < 1.29 is 18.4 Å². The van der Waals surface area contributed by atoms with E-state index in [-0.39, 0.29) is 6.03 Å². The second-order valence-corrected chi connectivity index (χ2v) is 3.47. The first kappa shape index (κ1) is 6.93. The summed E-state index contributed by atoms with van der Waals surface area (Å²) < 4.78 is 19.9. The van der Waals surface area contributed by atoms with Crippen molar-refractivity contribution in [2.45, 2.75) is 6.42 Å². The Kier molecular flexibility index (Phi) is 2.01. The third-order valence-electron chi connectivity index (χ3n) is 0.960. The van der Waals surface area contributed by atoms with E-state index >= 15 is 0 Å². The van der Waals surface area contributed by atoms with E-state index in [0.29, 0.717) is 19.6 Å². The molecule has 1 saturated heterocycles. The number of hydrogen-bond acceptors (Lipinski definition) is 4. The van der Waals surface area contributed by atoms with E-state index in [9.17, 15) is 9.36 Å². The molecule has 5 heteroatoms. The van der Waals surface area contributed by atoms with Gasteiger partial charge in [-0.3, -0.25) is 9.36 Å². The number of carbonyl (C=O) groups is 1. The molecule has 0 aliphatic carbocycles. The predicted octanol–water partition coefficient (Wildman–Crippen LogP) is 0.807. The lowest BCUT2D eigenvalue weighted by atomic mass is 10.5. The van der Waals surface area contributed by atoms with Gasteiger partial charge in [-0.05, 0) is 6.42 Å². The molecule has 4 nitrogen and oxygen atoms in total. The molecule has 0 aromatic heterocycles. The Bertz CT molecular complexity index is 145. The van der Waals surface area contributed by atoms with E-state index in [1.165, 1.54) is 0 Å². The van der Waals surface area contributed by atoms with E-state index in [2.05, 4.69) is 9.05 Å². The first-order valence-corrected chi connectivity index (χ1v) is 4.23. The minimum absolute atomic E-state index is 0.242. The van der Waals surface area contributed by atoms with Crippen LogP contribution in [-0.4, -0.2) is 19.2 Å². The molecule has 1 rings (SSSR count). The molecule has 1 aliphatic rings. The molecular weight excluding hydrogens is 143 g/mol. The topological polar surface area (TPSA) is 52.6 Å². The summed E-state index contributed by atoms with van der Waals surface area (Å²) in [5, 5.41) is 0. The van der Waals surface area contributed by atoms with Gasteiger partial charge in [0.1, 0.15) is 0 Å². The SMILES string of the molecule is O=CP1(=O)OCCCO1. The highest BCUT2D eigenvalue weighted by Gasteiger charge is 2.26. The van der Waals surface area contributed by atoms with Crippen LogP contribution in [-0.2, 0) is 18.4 Å². The van der Waals surface area contributed by atoms with Gasteiger partial charge in [0, 0.05) is 0 Å². The summed E-state index contributed by atoms with van der Waals surface area (Å²) >= 11 is 0. The molecule has 1 aliphatic heterocycles. The number of carbonyl (C=O) groups excluding carboxylic acids is 1. The molecule has 0 saturated carbocycles. The van der Waals surface area contributed by atoms with Crippen LogP contribution in [0.5, 0.6) is 0 Å². The zero-order valence-corrected chi connectivity index (χ0v) is 5.67. The predicted molar refractivity (Wildman–Crippen MR) is 30.9 cm³/mol. The lowest BCUT2D eigenvalue weighted by molar-refractivity contribution is 0.155. The van der Waals surface area contributed by atoms with Crippen LogP contribution in [0.15, 0.2) is 0 Å². The highest BCUT2D eigenvalue weighted by Crippen LogP contribution is 2.46. The standard InChI is InChI=1S/C4H7O4P/c5-4-9(6)7-2-1-3-8-9/h4H,1-3H2. The molecule has 0 amide bonds. The van der Waals surface area contributed by atoms with Gasteiger partial charge in [-0.1, -0.05) is 0 Å². The third-order valence-corrected chi connectivity index (χ3v) is 2.30. The van der Waals surface area contributed by atoms with Crippen molar-refractivity contribution in [2.24, 2.45) is 0 Å². The molecule has 1 heterocycles. The van der Waals surface area contributed by atoms with Crippen LogP contribution in [0, 0.1) is 0 Å². The first-order valence-electron chi connectivity index (χ1n) is 2.62. The van der Waals surface area contributed by atoms with Crippen LogP contribution in [0.1, 0.15) is 6.42 Å². The molecular formula is C4H7O4P. The van der Waals surface area contributed by atoms with Crippen molar-refractivity contribution in [3.8, 4) is 0 Å². The summed E-state index contributed by atoms with van der Waals surface area (Å²) in [6, 6.07) is 0.242. The van der Waals surface area contributed by atoms with Crippen LogP contribution < -0.4 is 0 Å². The second-order valence-electron chi connectivity index (χ2n) is 1.67. The average molecular weight is 150 g/mol. The first-order chi connectivity index (χ1) is 4.27. The lowest BCUT2D eigenvalue weighted by Crippen LogP contribution is -2.08. The van der Waals surface area contributed by atoms with Crippen LogP contribution in [0.4, 0.5) is 0 Å². The summed E-state index contributed by atoms with van der Waals surface area (Å²) in [7, 11) is -3.27. The van der Waals surface area contributed by atoms with Crippen molar-refractivity contribution in [1.82, 2.24) is 0 Å². The van der Waals surface area contributed by atoms with Gasteiger partial charge in [0.15, 0.2) is 0 Å². The molecule has 9 heavy (non-hydrogen) atoms. The van der Waals surface area contributed by atoms with Crippen molar-refractivity contribution in [3.05, 3.63) is 0 Å². The van der Waals surface area contributed by atoms with Crippen molar-refractivity contribution in [2.75, 3.05) is 13.2 Å². The Labute approximate surface area is 52.7 Å². The van der Waals surface area contributed by atoms with Crippen molar-refractivity contribution in [3.63, 3.8) is 0 Å². The van der Waals surface area contributed by atoms with Crippen molar-refractivity contribution >= 4 is 13.6 Å². The molecule has 0 unspecified atom stereocenters. The van der Waals surface area contributed by atoms with Gasteiger partial charge in [-0.2, -0.15) is 0 Å². The van der Waals surface area contributed by atoms with E-state index in [4.69, 9.17) is 0 Å². The number of hydrogen-bond donors (Lipinski definition) is 0. The summed E-state index contributed by atoms with van der Waals surface area (Å²) in [6.07, 6.45) is 0.706. The van der Waals surface area contributed by atoms with Gasteiger partial charge in [0.05, 0.1) is 13.2 Å². The van der Waals surface area contributed by atoms with Crippen LogP contribution in [0.2, 0.25) is 0 Å². The normalized spacial score (nSPS) is 25.3. The summed E-state index contributed by atoms with van der Waals surface area (Å²) in [4.78, 5) is 9.97. The fraction of sp³-hybridized carbons (Fsp3) is 0.750. The Balaban J connectivity index is 2.57. The maximum atomic E-state index is 10.8. The quantitative estimate of drug-likeness (QED) is 0.410. The summed E-state index contributed by atoms with van der Waals surface area (Å²) in [6.45, 7) is 0.714. The van der Waals surface area contributed by atoms with E-state index in [0.717, 1.165) is 0 Å². The second kappa shape index (κ2) is 2.60. The Morgan fingerprint density at radius 3 is 2.22 bits per heavy atom. The molecule has 0 spiro atoms. The zero-order chi connectivity index (χ0) is 6.74. The molecule has 1 fully saturated rings. The van der Waals surface area contributed by atoms with Gasteiger partial charge in [0.2, 0.25) is 6.03 Å². The largest absolute Gasteiger partial charge is 0.393 e.